The molecule has 4 nitrogen and oxygen atoms in total. The highest BCUT2D eigenvalue weighted by atomic mass is 16.5. The molecule has 1 saturated carbocycles. The summed E-state index contributed by atoms with van der Waals surface area (Å²) in [6, 6.07) is 0. The van der Waals surface area contributed by atoms with E-state index in [4.69, 9.17) is 20.4 Å². The van der Waals surface area contributed by atoms with Crippen LogP contribution in [0.4, 0.5) is 0 Å². The second-order valence-corrected chi connectivity index (χ2v) is 5.29. The Morgan fingerprint density at radius 3 is 1.82 bits per heavy atom. The quantitative estimate of drug-likeness (QED) is 0.421. The maximum absolute atomic E-state index is 9.12. The maximum Gasteiger partial charge on any atom is 0.151 e. The van der Waals surface area contributed by atoms with Crippen LogP contribution in [0.25, 0.3) is 0 Å². The third kappa shape index (κ3) is 6.36. The molecule has 1 aliphatic rings. The van der Waals surface area contributed by atoms with Gasteiger partial charge in [-0.05, 0) is 24.7 Å². The van der Waals surface area contributed by atoms with E-state index in [0.29, 0.717) is 25.2 Å². The van der Waals surface area contributed by atoms with E-state index in [1.54, 1.807) is 0 Å². The van der Waals surface area contributed by atoms with Crippen molar-refractivity contribution in [2.75, 3.05) is 0 Å². The standard InChI is InChI=1S/C13H26O4/c14-12(15)8-7-11(9-13(16)17)10-5-3-1-2-4-6-10/h10-17H,1-9H2. The maximum atomic E-state index is 9.12. The molecular weight excluding hydrogens is 220 g/mol. The lowest BCUT2D eigenvalue weighted by Gasteiger charge is -2.27. The molecule has 0 aliphatic heterocycles. The Bertz CT molecular complexity index is 186. The Morgan fingerprint density at radius 1 is 0.765 bits per heavy atom. The van der Waals surface area contributed by atoms with Crippen molar-refractivity contribution in [2.24, 2.45) is 11.8 Å². The molecule has 1 rings (SSSR count). The number of aliphatic hydroxyl groups excluding tert-OH is 2. The molecule has 4 N–H and O–H groups in total. The third-order valence-electron chi connectivity index (χ3n) is 3.88. The lowest BCUT2D eigenvalue weighted by Crippen LogP contribution is -2.22. The molecule has 0 aromatic rings. The van der Waals surface area contributed by atoms with Crippen molar-refractivity contribution in [3.05, 3.63) is 0 Å². The van der Waals surface area contributed by atoms with Gasteiger partial charge >= 0.3 is 0 Å². The Labute approximate surface area is 103 Å². The van der Waals surface area contributed by atoms with E-state index in [9.17, 15) is 0 Å². The van der Waals surface area contributed by atoms with Crippen molar-refractivity contribution >= 4 is 0 Å². The van der Waals surface area contributed by atoms with Crippen molar-refractivity contribution in [3.63, 3.8) is 0 Å². The van der Waals surface area contributed by atoms with Crippen LogP contribution in [0.2, 0.25) is 0 Å². The van der Waals surface area contributed by atoms with E-state index >= 15 is 0 Å². The highest BCUT2D eigenvalue weighted by Gasteiger charge is 2.24. The summed E-state index contributed by atoms with van der Waals surface area (Å²) in [5.74, 6) is 0.716. The Hall–Kier alpha value is -0.160. The molecule has 1 fully saturated rings. The molecule has 1 aliphatic carbocycles. The fraction of sp³-hybridized carbons (Fsp3) is 1.00. The molecule has 0 heterocycles. The van der Waals surface area contributed by atoms with Crippen molar-refractivity contribution in [2.45, 2.75) is 70.4 Å². The summed E-state index contributed by atoms with van der Waals surface area (Å²) in [5, 5.41) is 36.1. The summed E-state index contributed by atoms with van der Waals surface area (Å²) in [6.07, 6.45) is 6.04. The van der Waals surface area contributed by atoms with Crippen LogP contribution in [0.3, 0.4) is 0 Å². The van der Waals surface area contributed by atoms with E-state index in [1.807, 2.05) is 0 Å². The second kappa shape index (κ2) is 8.03. The first-order valence-corrected chi connectivity index (χ1v) is 6.82. The summed E-state index contributed by atoms with van der Waals surface area (Å²) in [7, 11) is 0. The van der Waals surface area contributed by atoms with Crippen LogP contribution in [0.1, 0.15) is 57.8 Å². The molecule has 0 saturated heterocycles. The van der Waals surface area contributed by atoms with E-state index in [0.717, 1.165) is 12.8 Å². The zero-order valence-corrected chi connectivity index (χ0v) is 10.5. The first-order valence-electron chi connectivity index (χ1n) is 6.82. The predicted octanol–water partition coefficient (Wildman–Crippen LogP) is 1.36. The smallest absolute Gasteiger partial charge is 0.151 e. The van der Waals surface area contributed by atoms with Gasteiger partial charge in [0.2, 0.25) is 0 Å². The molecule has 4 heteroatoms. The summed E-state index contributed by atoms with van der Waals surface area (Å²) in [6.45, 7) is 0. The van der Waals surface area contributed by atoms with E-state index in [-0.39, 0.29) is 5.92 Å². The molecule has 0 aromatic heterocycles. The van der Waals surface area contributed by atoms with Crippen molar-refractivity contribution in [1.82, 2.24) is 0 Å². The Kier molecular flexibility index (Phi) is 7.04. The monoisotopic (exact) mass is 246 g/mol. The van der Waals surface area contributed by atoms with Gasteiger partial charge < -0.3 is 20.4 Å². The summed E-state index contributed by atoms with van der Waals surface area (Å²) in [5.41, 5.74) is 0. The van der Waals surface area contributed by atoms with Crippen LogP contribution in [-0.2, 0) is 0 Å². The molecule has 1 atom stereocenters. The van der Waals surface area contributed by atoms with E-state index in [2.05, 4.69) is 0 Å². The molecule has 0 amide bonds. The fourth-order valence-electron chi connectivity index (χ4n) is 2.96. The first-order chi connectivity index (χ1) is 8.09. The summed E-state index contributed by atoms with van der Waals surface area (Å²) in [4.78, 5) is 0. The average molecular weight is 246 g/mol. The van der Waals surface area contributed by atoms with Gasteiger partial charge in [0.25, 0.3) is 0 Å². The molecule has 0 radical (unpaired) electrons. The normalized spacial score (nSPS) is 20.8. The van der Waals surface area contributed by atoms with Gasteiger partial charge in [-0.15, -0.1) is 0 Å². The largest absolute Gasteiger partial charge is 0.368 e. The van der Waals surface area contributed by atoms with Gasteiger partial charge in [-0.2, -0.15) is 0 Å². The average Bonchev–Trinajstić information content (AvgIpc) is 2.51. The van der Waals surface area contributed by atoms with Gasteiger partial charge in [0.15, 0.2) is 12.6 Å². The van der Waals surface area contributed by atoms with Gasteiger partial charge in [-0.1, -0.05) is 38.5 Å². The fourth-order valence-corrected chi connectivity index (χ4v) is 2.96. The van der Waals surface area contributed by atoms with Crippen molar-refractivity contribution in [3.8, 4) is 0 Å². The molecule has 1 unspecified atom stereocenters. The summed E-state index contributed by atoms with van der Waals surface area (Å²) < 4.78 is 0. The molecule has 17 heavy (non-hydrogen) atoms. The van der Waals surface area contributed by atoms with Gasteiger partial charge in [0.1, 0.15) is 0 Å². The molecule has 0 spiro atoms. The number of hydrogen-bond acceptors (Lipinski definition) is 4. The molecular formula is C13H26O4. The van der Waals surface area contributed by atoms with Gasteiger partial charge in [-0.25, -0.2) is 0 Å². The van der Waals surface area contributed by atoms with Crippen LogP contribution in [0.15, 0.2) is 0 Å². The van der Waals surface area contributed by atoms with E-state index in [1.165, 1.54) is 25.7 Å². The number of aliphatic hydroxyl groups is 4. The van der Waals surface area contributed by atoms with Gasteiger partial charge in [-0.3, -0.25) is 0 Å². The highest BCUT2D eigenvalue weighted by molar-refractivity contribution is 4.74. The Balaban J connectivity index is 2.46. The third-order valence-corrected chi connectivity index (χ3v) is 3.88. The molecule has 0 bridgehead atoms. The minimum atomic E-state index is -1.28. The van der Waals surface area contributed by atoms with E-state index < -0.39 is 12.6 Å². The zero-order valence-electron chi connectivity index (χ0n) is 10.5. The van der Waals surface area contributed by atoms with Crippen LogP contribution in [0, 0.1) is 11.8 Å². The minimum absolute atomic E-state index is 0.204. The molecule has 102 valence electrons. The second-order valence-electron chi connectivity index (χ2n) is 5.29. The van der Waals surface area contributed by atoms with Crippen molar-refractivity contribution in [1.29, 1.82) is 0 Å². The van der Waals surface area contributed by atoms with Crippen molar-refractivity contribution < 1.29 is 20.4 Å². The zero-order chi connectivity index (χ0) is 12.7. The lowest BCUT2D eigenvalue weighted by molar-refractivity contribution is -0.0745. The van der Waals surface area contributed by atoms with Gasteiger partial charge in [0, 0.05) is 6.42 Å². The van der Waals surface area contributed by atoms with Crippen LogP contribution >= 0.6 is 0 Å². The number of rotatable bonds is 6. The first kappa shape index (κ1) is 14.9. The topological polar surface area (TPSA) is 80.9 Å². The SMILES string of the molecule is OC(O)CCC(CC(O)O)C1CCCCCC1. The Morgan fingerprint density at radius 2 is 1.35 bits per heavy atom. The van der Waals surface area contributed by atoms with Crippen LogP contribution in [0.5, 0.6) is 0 Å². The minimum Gasteiger partial charge on any atom is -0.368 e. The molecule has 0 aromatic carbocycles. The summed E-state index contributed by atoms with van der Waals surface area (Å²) >= 11 is 0. The predicted molar refractivity (Wildman–Crippen MR) is 65.0 cm³/mol. The van der Waals surface area contributed by atoms with Crippen LogP contribution in [-0.4, -0.2) is 33.0 Å². The van der Waals surface area contributed by atoms with Gasteiger partial charge in [0.05, 0.1) is 0 Å². The van der Waals surface area contributed by atoms with Crippen LogP contribution < -0.4 is 0 Å². The lowest BCUT2D eigenvalue weighted by atomic mass is 9.81. The highest BCUT2D eigenvalue weighted by Crippen LogP contribution is 2.34. The number of hydrogen-bond donors (Lipinski definition) is 4.